The highest BCUT2D eigenvalue weighted by Gasteiger charge is 2.22. The number of benzene rings is 1. The zero-order valence-corrected chi connectivity index (χ0v) is 12.4. The van der Waals surface area contributed by atoms with Crippen LogP contribution in [0.15, 0.2) is 28.7 Å². The molecule has 0 aliphatic heterocycles. The van der Waals surface area contributed by atoms with E-state index in [4.69, 9.17) is 5.73 Å². The highest BCUT2D eigenvalue weighted by Crippen LogP contribution is 2.10. The van der Waals surface area contributed by atoms with Crippen LogP contribution in [0.5, 0.6) is 0 Å². The fraction of sp³-hybridized carbons (Fsp3) is 0.300. The molecule has 1 aromatic rings. The lowest BCUT2D eigenvalue weighted by Gasteiger charge is -2.12. The smallest absolute Gasteiger partial charge is 0.221 e. The summed E-state index contributed by atoms with van der Waals surface area (Å²) in [5, 5.41) is -0.868. The standard InChI is InChI=1S/C10H13BrN2O2S2/c1-7(10(12)16)17(14,15)13-6-8-2-4-9(11)5-3-8/h2-5,7,13H,6H2,1H3,(H2,12,16). The first kappa shape index (κ1) is 14.6. The fourth-order valence-corrected chi connectivity index (χ4v) is 2.63. The van der Waals surface area contributed by atoms with Crippen molar-refractivity contribution in [2.45, 2.75) is 18.7 Å². The van der Waals surface area contributed by atoms with Crippen LogP contribution < -0.4 is 10.5 Å². The van der Waals surface area contributed by atoms with Gasteiger partial charge in [0.2, 0.25) is 10.0 Å². The third-order valence-electron chi connectivity index (χ3n) is 2.26. The molecule has 0 aliphatic rings. The summed E-state index contributed by atoms with van der Waals surface area (Å²) in [5.74, 6) is 0. The Morgan fingerprint density at radius 2 is 2.00 bits per heavy atom. The molecule has 0 saturated heterocycles. The molecule has 1 rings (SSSR count). The summed E-state index contributed by atoms with van der Waals surface area (Å²) in [4.78, 5) is -0.0340. The number of rotatable bonds is 5. The fourth-order valence-electron chi connectivity index (χ4n) is 1.06. The molecule has 7 heteroatoms. The van der Waals surface area contributed by atoms with Gasteiger partial charge in [-0.05, 0) is 24.6 Å². The van der Waals surface area contributed by atoms with Gasteiger partial charge in [-0.3, -0.25) is 0 Å². The van der Waals surface area contributed by atoms with Gasteiger partial charge in [-0.25, -0.2) is 13.1 Å². The highest BCUT2D eigenvalue weighted by molar-refractivity contribution is 9.10. The van der Waals surface area contributed by atoms with Crippen LogP contribution in [0, 0.1) is 0 Å². The maximum Gasteiger partial charge on any atom is 0.221 e. The molecule has 1 aromatic carbocycles. The second kappa shape index (κ2) is 5.90. The Bertz CT molecular complexity index is 500. The van der Waals surface area contributed by atoms with E-state index in [1.54, 1.807) is 0 Å². The summed E-state index contributed by atoms with van der Waals surface area (Å²) in [6.07, 6.45) is 0. The predicted molar refractivity (Wildman–Crippen MR) is 76.1 cm³/mol. The van der Waals surface area contributed by atoms with Crippen molar-refractivity contribution >= 4 is 43.2 Å². The summed E-state index contributed by atoms with van der Waals surface area (Å²) >= 11 is 7.97. The molecule has 0 spiro atoms. The quantitative estimate of drug-likeness (QED) is 0.800. The SMILES string of the molecule is CC(C(N)=S)S(=O)(=O)NCc1ccc(Br)cc1. The molecule has 4 nitrogen and oxygen atoms in total. The number of halogens is 1. The molecule has 0 amide bonds. The van der Waals surface area contributed by atoms with Gasteiger partial charge in [-0.15, -0.1) is 0 Å². The first-order valence-corrected chi connectivity index (χ1v) is 7.60. The van der Waals surface area contributed by atoms with Gasteiger partial charge in [0, 0.05) is 11.0 Å². The van der Waals surface area contributed by atoms with E-state index in [1.165, 1.54) is 6.92 Å². The van der Waals surface area contributed by atoms with Crippen molar-refractivity contribution in [3.63, 3.8) is 0 Å². The van der Waals surface area contributed by atoms with Crippen molar-refractivity contribution in [3.8, 4) is 0 Å². The van der Waals surface area contributed by atoms with Crippen LogP contribution >= 0.6 is 28.1 Å². The van der Waals surface area contributed by atoms with E-state index in [-0.39, 0.29) is 11.5 Å². The molecule has 1 atom stereocenters. The normalized spacial score (nSPS) is 13.3. The van der Waals surface area contributed by atoms with Crippen molar-refractivity contribution in [1.82, 2.24) is 4.72 Å². The lowest BCUT2D eigenvalue weighted by atomic mass is 10.2. The zero-order valence-electron chi connectivity index (χ0n) is 9.18. The van der Waals surface area contributed by atoms with Gasteiger partial charge in [0.25, 0.3) is 0 Å². The highest BCUT2D eigenvalue weighted by atomic mass is 79.9. The zero-order chi connectivity index (χ0) is 13.1. The predicted octanol–water partition coefficient (Wildman–Crippen LogP) is 1.54. The molecule has 0 aromatic heterocycles. The van der Waals surface area contributed by atoms with E-state index >= 15 is 0 Å². The molecule has 1 unspecified atom stereocenters. The average molecular weight is 337 g/mol. The molecular weight excluding hydrogens is 324 g/mol. The molecule has 0 fully saturated rings. The van der Waals surface area contributed by atoms with Crippen LogP contribution in [0.4, 0.5) is 0 Å². The minimum absolute atomic E-state index is 0.0340. The number of hydrogen-bond donors (Lipinski definition) is 2. The topological polar surface area (TPSA) is 72.2 Å². The van der Waals surface area contributed by atoms with Gasteiger partial charge in [-0.1, -0.05) is 40.3 Å². The van der Waals surface area contributed by atoms with Gasteiger partial charge >= 0.3 is 0 Å². The molecule has 0 radical (unpaired) electrons. The van der Waals surface area contributed by atoms with E-state index in [0.717, 1.165) is 10.0 Å². The molecule has 0 bridgehead atoms. The van der Waals surface area contributed by atoms with Crippen LogP contribution in [0.3, 0.4) is 0 Å². The summed E-state index contributed by atoms with van der Waals surface area (Å²) in [5.41, 5.74) is 6.18. The van der Waals surface area contributed by atoms with E-state index < -0.39 is 15.3 Å². The number of nitrogens with one attached hydrogen (secondary N) is 1. The molecule has 0 saturated carbocycles. The van der Waals surface area contributed by atoms with Gasteiger partial charge in [0.15, 0.2) is 0 Å². The van der Waals surface area contributed by atoms with Crippen LogP contribution in [-0.4, -0.2) is 18.7 Å². The number of hydrogen-bond acceptors (Lipinski definition) is 3. The van der Waals surface area contributed by atoms with Gasteiger partial charge in [0.1, 0.15) is 5.25 Å². The monoisotopic (exact) mass is 336 g/mol. The Kier molecular flexibility index (Phi) is 5.05. The van der Waals surface area contributed by atoms with Gasteiger partial charge in [0.05, 0.1) is 4.99 Å². The summed E-state index contributed by atoms with van der Waals surface area (Å²) in [7, 11) is -3.50. The summed E-state index contributed by atoms with van der Waals surface area (Å²) < 4.78 is 26.9. The average Bonchev–Trinajstić information content (AvgIpc) is 2.27. The van der Waals surface area contributed by atoms with Crippen molar-refractivity contribution in [2.75, 3.05) is 0 Å². The Morgan fingerprint density at radius 3 is 2.47 bits per heavy atom. The first-order chi connectivity index (χ1) is 7.83. The molecule has 94 valence electrons. The van der Waals surface area contributed by atoms with Crippen LogP contribution in [0.25, 0.3) is 0 Å². The van der Waals surface area contributed by atoms with Crippen molar-refractivity contribution in [1.29, 1.82) is 0 Å². The summed E-state index contributed by atoms with van der Waals surface area (Å²) in [6.45, 7) is 1.69. The molecule has 17 heavy (non-hydrogen) atoms. The van der Waals surface area contributed by atoms with E-state index in [0.29, 0.717) is 0 Å². The second-order valence-electron chi connectivity index (χ2n) is 3.54. The Hall–Kier alpha value is -0.500. The maximum atomic E-state index is 11.7. The number of nitrogens with two attached hydrogens (primary N) is 1. The maximum absolute atomic E-state index is 11.7. The van der Waals surface area contributed by atoms with Gasteiger partial charge in [-0.2, -0.15) is 0 Å². The number of thiocarbonyl (C=S) groups is 1. The van der Waals surface area contributed by atoms with Gasteiger partial charge < -0.3 is 5.73 Å². The van der Waals surface area contributed by atoms with Crippen LogP contribution in [0.1, 0.15) is 12.5 Å². The van der Waals surface area contributed by atoms with Crippen LogP contribution in [0.2, 0.25) is 0 Å². The van der Waals surface area contributed by atoms with Crippen molar-refractivity contribution in [2.24, 2.45) is 5.73 Å². The molecule has 0 heterocycles. The van der Waals surface area contributed by atoms with E-state index in [1.807, 2.05) is 24.3 Å². The minimum Gasteiger partial charge on any atom is -0.392 e. The third kappa shape index (κ3) is 4.34. The largest absolute Gasteiger partial charge is 0.392 e. The van der Waals surface area contributed by atoms with E-state index in [9.17, 15) is 8.42 Å². The lowest BCUT2D eigenvalue weighted by Crippen LogP contribution is -2.39. The van der Waals surface area contributed by atoms with Crippen molar-refractivity contribution < 1.29 is 8.42 Å². The van der Waals surface area contributed by atoms with E-state index in [2.05, 4.69) is 32.9 Å². The lowest BCUT2D eigenvalue weighted by molar-refractivity contribution is 0.578. The molecule has 3 N–H and O–H groups in total. The Morgan fingerprint density at radius 1 is 1.47 bits per heavy atom. The Labute approximate surface area is 115 Å². The molecule has 0 aliphatic carbocycles. The second-order valence-corrected chi connectivity index (χ2v) is 7.01. The minimum atomic E-state index is -3.50. The van der Waals surface area contributed by atoms with Crippen LogP contribution in [-0.2, 0) is 16.6 Å². The molecular formula is C10H13BrN2O2S2. The third-order valence-corrected chi connectivity index (χ3v) is 5.02. The Balaban J connectivity index is 2.68. The first-order valence-electron chi connectivity index (χ1n) is 4.85. The number of sulfonamides is 1. The van der Waals surface area contributed by atoms with Crippen molar-refractivity contribution in [3.05, 3.63) is 34.3 Å². The summed E-state index contributed by atoms with van der Waals surface area (Å²) in [6, 6.07) is 7.36.